The second kappa shape index (κ2) is 8.18. The zero-order chi connectivity index (χ0) is 20.5. The van der Waals surface area contributed by atoms with Crippen LogP contribution in [0.25, 0.3) is 6.08 Å². The molecule has 0 spiro atoms. The van der Waals surface area contributed by atoms with Crippen LogP contribution in [0.5, 0.6) is 11.5 Å². The van der Waals surface area contributed by atoms with Crippen molar-refractivity contribution in [3.05, 3.63) is 58.6 Å². The average molecular weight is 407 g/mol. The maximum Gasteiger partial charge on any atom is 0.232 e. The molecule has 5 rings (SSSR count). The molecule has 0 unspecified atom stereocenters. The minimum absolute atomic E-state index is 0.105. The van der Waals surface area contributed by atoms with Gasteiger partial charge in [-0.2, -0.15) is 0 Å². The Bertz CT molecular complexity index is 984. The van der Waals surface area contributed by atoms with Crippen LogP contribution in [0, 0.1) is 6.92 Å². The summed E-state index contributed by atoms with van der Waals surface area (Å²) in [6.45, 7) is 8.75. The van der Waals surface area contributed by atoms with E-state index in [4.69, 9.17) is 14.2 Å². The zero-order valence-corrected chi connectivity index (χ0v) is 17.1. The second-order valence-electron chi connectivity index (χ2n) is 7.84. The van der Waals surface area contributed by atoms with Gasteiger partial charge in [0.05, 0.1) is 24.5 Å². The van der Waals surface area contributed by atoms with E-state index in [1.54, 1.807) is 12.3 Å². The molecule has 3 aliphatic rings. The van der Waals surface area contributed by atoms with Crippen LogP contribution in [0.4, 0.5) is 0 Å². The monoisotopic (exact) mass is 407 g/mol. The normalized spacial score (nSPS) is 20.6. The first-order valence-corrected chi connectivity index (χ1v) is 10.4. The van der Waals surface area contributed by atoms with Crippen molar-refractivity contribution < 1.29 is 19.0 Å². The largest absolute Gasteiger partial charge is 0.477 e. The maximum absolute atomic E-state index is 13.0. The molecule has 1 saturated heterocycles. The van der Waals surface area contributed by atoms with Crippen molar-refractivity contribution in [3.63, 3.8) is 0 Å². The highest BCUT2D eigenvalue weighted by Gasteiger charge is 2.33. The molecule has 0 radical (unpaired) electrons. The van der Waals surface area contributed by atoms with Gasteiger partial charge in [0.15, 0.2) is 5.76 Å². The fraction of sp³-hybridized carbons (Fsp3) is 0.391. The number of benzene rings is 1. The molecule has 7 nitrogen and oxygen atoms in total. The van der Waals surface area contributed by atoms with Gasteiger partial charge in [0.2, 0.25) is 5.78 Å². The molecule has 1 fully saturated rings. The fourth-order valence-corrected chi connectivity index (χ4v) is 4.14. The third-order valence-corrected chi connectivity index (χ3v) is 5.80. The highest BCUT2D eigenvalue weighted by atomic mass is 16.5. The molecule has 0 bridgehead atoms. The SMILES string of the molecule is Cc1c2c(cc3c1O/C(=C\c1ccccn1)C3=O)CN(CCN1CCOCC1)CO2. The topological polar surface area (TPSA) is 64.1 Å². The Labute approximate surface area is 175 Å². The van der Waals surface area contributed by atoms with E-state index in [9.17, 15) is 4.79 Å². The number of carbonyl (C=O) groups excluding carboxylic acids is 1. The summed E-state index contributed by atoms with van der Waals surface area (Å²) in [6.07, 6.45) is 3.39. The Kier molecular flexibility index (Phi) is 5.25. The number of carbonyl (C=O) groups is 1. The van der Waals surface area contributed by atoms with Gasteiger partial charge in [-0.25, -0.2) is 0 Å². The number of morpholine rings is 1. The van der Waals surface area contributed by atoms with Crippen LogP contribution in [-0.2, 0) is 11.3 Å². The third kappa shape index (κ3) is 3.71. The highest BCUT2D eigenvalue weighted by Crippen LogP contribution is 2.43. The van der Waals surface area contributed by atoms with Crippen molar-refractivity contribution in [1.82, 2.24) is 14.8 Å². The zero-order valence-electron chi connectivity index (χ0n) is 17.1. The number of fused-ring (bicyclic) bond motifs is 2. The summed E-state index contributed by atoms with van der Waals surface area (Å²) in [7, 11) is 0. The molecule has 3 aliphatic heterocycles. The summed E-state index contributed by atoms with van der Waals surface area (Å²) in [4.78, 5) is 21.9. The lowest BCUT2D eigenvalue weighted by molar-refractivity contribution is 0.0239. The van der Waals surface area contributed by atoms with Crippen molar-refractivity contribution in [2.75, 3.05) is 46.1 Å². The van der Waals surface area contributed by atoms with Gasteiger partial charge in [-0.3, -0.25) is 19.6 Å². The molecule has 4 heterocycles. The number of hydrogen-bond donors (Lipinski definition) is 0. The summed E-state index contributed by atoms with van der Waals surface area (Å²) >= 11 is 0. The number of pyridine rings is 1. The number of ether oxygens (including phenoxy) is 3. The van der Waals surface area contributed by atoms with Crippen LogP contribution in [0.1, 0.15) is 27.2 Å². The van der Waals surface area contributed by atoms with Crippen molar-refractivity contribution in [2.45, 2.75) is 13.5 Å². The predicted molar refractivity (Wildman–Crippen MR) is 112 cm³/mol. The third-order valence-electron chi connectivity index (χ3n) is 5.80. The minimum atomic E-state index is -0.105. The van der Waals surface area contributed by atoms with Gasteiger partial charge in [-0.05, 0) is 25.1 Å². The number of aromatic nitrogens is 1. The number of allylic oxidation sites excluding steroid dienone is 1. The first-order valence-electron chi connectivity index (χ1n) is 10.4. The number of ketones is 1. The highest BCUT2D eigenvalue weighted by molar-refractivity contribution is 6.15. The van der Waals surface area contributed by atoms with Crippen LogP contribution in [0.2, 0.25) is 0 Å². The quantitative estimate of drug-likeness (QED) is 0.722. The molecule has 0 aliphatic carbocycles. The van der Waals surface area contributed by atoms with Crippen molar-refractivity contribution in [2.24, 2.45) is 0 Å². The maximum atomic E-state index is 13.0. The average Bonchev–Trinajstić information content (AvgIpc) is 3.09. The van der Waals surface area contributed by atoms with Gasteiger partial charge < -0.3 is 14.2 Å². The Balaban J connectivity index is 1.34. The van der Waals surface area contributed by atoms with Crippen LogP contribution in [-0.4, -0.2) is 66.7 Å². The molecule has 2 aromatic rings. The first kappa shape index (κ1) is 19.2. The van der Waals surface area contributed by atoms with E-state index in [2.05, 4.69) is 14.8 Å². The Morgan fingerprint density at radius 1 is 1.13 bits per heavy atom. The van der Waals surface area contributed by atoms with E-state index < -0.39 is 0 Å². The van der Waals surface area contributed by atoms with Gasteiger partial charge in [0, 0.05) is 56.1 Å². The molecular formula is C23H25N3O4. The van der Waals surface area contributed by atoms with Gasteiger partial charge in [-0.1, -0.05) is 6.07 Å². The van der Waals surface area contributed by atoms with Gasteiger partial charge in [-0.15, -0.1) is 0 Å². The summed E-state index contributed by atoms with van der Waals surface area (Å²) < 4.78 is 17.4. The smallest absolute Gasteiger partial charge is 0.232 e. The molecule has 1 aromatic carbocycles. The fourth-order valence-electron chi connectivity index (χ4n) is 4.14. The molecular weight excluding hydrogens is 382 g/mol. The minimum Gasteiger partial charge on any atom is -0.477 e. The summed E-state index contributed by atoms with van der Waals surface area (Å²) in [6, 6.07) is 7.50. The lowest BCUT2D eigenvalue weighted by Gasteiger charge is -2.33. The standard InChI is InChI=1S/C23H25N3O4/c1-16-22-17(14-26(15-29-22)7-6-25-8-10-28-11-9-25)12-19-21(27)20(30-23(16)19)13-18-4-2-3-5-24-18/h2-5,12-13H,6-11,14-15H2,1H3/b20-13-. The Morgan fingerprint density at radius 2 is 1.97 bits per heavy atom. The predicted octanol–water partition coefficient (Wildman–Crippen LogP) is 2.49. The molecule has 0 saturated carbocycles. The van der Waals surface area contributed by atoms with Gasteiger partial charge >= 0.3 is 0 Å². The van der Waals surface area contributed by atoms with E-state index in [-0.39, 0.29) is 5.78 Å². The van der Waals surface area contributed by atoms with Crippen LogP contribution in [0.3, 0.4) is 0 Å². The summed E-state index contributed by atoms with van der Waals surface area (Å²) in [5.74, 6) is 1.64. The van der Waals surface area contributed by atoms with Gasteiger partial charge in [0.1, 0.15) is 18.2 Å². The van der Waals surface area contributed by atoms with Crippen LogP contribution >= 0.6 is 0 Å². The molecule has 1 aromatic heterocycles. The van der Waals surface area contributed by atoms with E-state index in [0.29, 0.717) is 29.5 Å². The van der Waals surface area contributed by atoms with E-state index >= 15 is 0 Å². The molecule has 0 N–H and O–H groups in total. The molecule has 156 valence electrons. The lowest BCUT2D eigenvalue weighted by atomic mass is 10.00. The molecule has 0 amide bonds. The lowest BCUT2D eigenvalue weighted by Crippen LogP contribution is -2.43. The summed E-state index contributed by atoms with van der Waals surface area (Å²) in [5.41, 5.74) is 3.22. The van der Waals surface area contributed by atoms with E-state index in [1.165, 1.54) is 0 Å². The molecule has 30 heavy (non-hydrogen) atoms. The number of Topliss-reactive ketones (excluding diaryl/α,β-unsaturated/α-hetero) is 1. The summed E-state index contributed by atoms with van der Waals surface area (Å²) in [5, 5.41) is 0. The number of hydrogen-bond acceptors (Lipinski definition) is 7. The number of rotatable bonds is 4. The van der Waals surface area contributed by atoms with Crippen LogP contribution in [0.15, 0.2) is 36.2 Å². The van der Waals surface area contributed by atoms with Crippen molar-refractivity contribution >= 4 is 11.9 Å². The Hall–Kier alpha value is -2.74. The van der Waals surface area contributed by atoms with Gasteiger partial charge in [0.25, 0.3) is 0 Å². The number of nitrogens with zero attached hydrogens (tertiary/aromatic N) is 3. The first-order chi connectivity index (χ1) is 14.7. The Morgan fingerprint density at radius 3 is 2.77 bits per heavy atom. The van der Waals surface area contributed by atoms with Crippen molar-refractivity contribution in [1.29, 1.82) is 0 Å². The van der Waals surface area contributed by atoms with Crippen molar-refractivity contribution in [3.8, 4) is 11.5 Å². The molecule has 7 heteroatoms. The molecule has 0 atom stereocenters. The van der Waals surface area contributed by atoms with E-state index in [1.807, 2.05) is 31.2 Å². The second-order valence-corrected chi connectivity index (χ2v) is 7.84. The van der Waals surface area contributed by atoms with E-state index in [0.717, 1.165) is 62.8 Å². The van der Waals surface area contributed by atoms with Crippen LogP contribution < -0.4 is 9.47 Å².